The van der Waals surface area contributed by atoms with Crippen LogP contribution < -0.4 is 5.32 Å². The molecule has 1 fully saturated rings. The molecular formula is C22H26N4OS. The van der Waals surface area contributed by atoms with Crippen LogP contribution in [0.2, 0.25) is 0 Å². The number of amides is 1. The summed E-state index contributed by atoms with van der Waals surface area (Å²) in [5.41, 5.74) is 4.82. The summed E-state index contributed by atoms with van der Waals surface area (Å²) in [4.78, 5) is 16.4. The predicted molar refractivity (Wildman–Crippen MR) is 114 cm³/mol. The highest BCUT2D eigenvalue weighted by Crippen LogP contribution is 2.34. The molecule has 4 rings (SSSR count). The minimum Gasteiger partial charge on any atom is -0.322 e. The summed E-state index contributed by atoms with van der Waals surface area (Å²) in [6, 6.07) is 12.9. The molecule has 0 bridgehead atoms. The van der Waals surface area contributed by atoms with E-state index in [1.54, 1.807) is 11.3 Å². The van der Waals surface area contributed by atoms with Crippen LogP contribution in [0.1, 0.15) is 40.7 Å². The number of nitrogens with zero attached hydrogens (tertiary/aromatic N) is 3. The molecule has 3 heterocycles. The second kappa shape index (κ2) is 7.89. The van der Waals surface area contributed by atoms with Crippen molar-refractivity contribution in [1.82, 2.24) is 14.7 Å². The van der Waals surface area contributed by atoms with E-state index >= 15 is 0 Å². The molecule has 0 radical (unpaired) electrons. The number of aryl methyl sites for hydroxylation is 2. The van der Waals surface area contributed by atoms with Crippen LogP contribution in [-0.2, 0) is 4.79 Å². The SMILES string of the molecule is Cc1ccc(-n2nc(C)c(NC(=O)CN3CCC[C@@H]3c3cccs3)c2C)cc1. The summed E-state index contributed by atoms with van der Waals surface area (Å²) < 4.78 is 1.90. The molecule has 1 aliphatic rings. The van der Waals surface area contributed by atoms with Gasteiger partial charge in [0, 0.05) is 10.9 Å². The molecule has 6 heteroatoms. The highest BCUT2D eigenvalue weighted by atomic mass is 32.1. The number of hydrogen-bond donors (Lipinski definition) is 1. The number of nitrogens with one attached hydrogen (secondary N) is 1. The van der Waals surface area contributed by atoms with Crippen LogP contribution in [-0.4, -0.2) is 33.7 Å². The molecule has 1 amide bonds. The average Bonchev–Trinajstić information content (AvgIpc) is 3.40. The molecule has 0 saturated carbocycles. The summed E-state index contributed by atoms with van der Waals surface area (Å²) in [6.07, 6.45) is 2.26. The molecule has 0 aliphatic carbocycles. The number of rotatable bonds is 5. The van der Waals surface area contributed by atoms with E-state index in [0.29, 0.717) is 12.6 Å². The average molecular weight is 395 g/mol. The van der Waals surface area contributed by atoms with E-state index in [-0.39, 0.29) is 5.91 Å². The van der Waals surface area contributed by atoms with Gasteiger partial charge in [-0.15, -0.1) is 11.3 Å². The van der Waals surface area contributed by atoms with Gasteiger partial charge >= 0.3 is 0 Å². The van der Waals surface area contributed by atoms with E-state index < -0.39 is 0 Å². The van der Waals surface area contributed by atoms with Gasteiger partial charge in [-0.05, 0) is 63.7 Å². The molecule has 1 aliphatic heterocycles. The third-order valence-corrected chi connectivity index (χ3v) is 6.39. The maximum absolute atomic E-state index is 12.8. The Morgan fingerprint density at radius 3 is 2.71 bits per heavy atom. The molecule has 28 heavy (non-hydrogen) atoms. The number of likely N-dealkylation sites (tertiary alicyclic amines) is 1. The Morgan fingerprint density at radius 1 is 1.21 bits per heavy atom. The summed E-state index contributed by atoms with van der Waals surface area (Å²) in [7, 11) is 0. The molecule has 1 saturated heterocycles. The number of thiophene rings is 1. The Labute approximate surface area is 170 Å². The van der Waals surface area contributed by atoms with Crippen molar-refractivity contribution in [3.63, 3.8) is 0 Å². The molecule has 1 atom stereocenters. The van der Waals surface area contributed by atoms with Crippen LogP contribution in [0, 0.1) is 20.8 Å². The smallest absolute Gasteiger partial charge is 0.238 e. The molecule has 3 aromatic rings. The summed E-state index contributed by atoms with van der Waals surface area (Å²) in [5, 5.41) is 9.86. The Kier molecular flexibility index (Phi) is 5.33. The van der Waals surface area contributed by atoms with Crippen molar-refractivity contribution in [3.05, 3.63) is 63.6 Å². The fourth-order valence-corrected chi connectivity index (χ4v) is 4.84. The van der Waals surface area contributed by atoms with Gasteiger partial charge in [-0.3, -0.25) is 9.69 Å². The normalized spacial score (nSPS) is 17.2. The van der Waals surface area contributed by atoms with E-state index in [0.717, 1.165) is 42.1 Å². The zero-order chi connectivity index (χ0) is 19.7. The van der Waals surface area contributed by atoms with Crippen molar-refractivity contribution >= 4 is 22.9 Å². The van der Waals surface area contributed by atoms with E-state index in [9.17, 15) is 4.79 Å². The molecule has 146 valence electrons. The van der Waals surface area contributed by atoms with E-state index in [1.807, 2.05) is 18.5 Å². The lowest BCUT2D eigenvalue weighted by molar-refractivity contribution is -0.117. The van der Waals surface area contributed by atoms with Crippen LogP contribution >= 0.6 is 11.3 Å². The van der Waals surface area contributed by atoms with Gasteiger partial charge in [0.25, 0.3) is 0 Å². The number of carbonyl (C=O) groups excluding carboxylic acids is 1. The molecule has 0 spiro atoms. The molecule has 1 aromatic carbocycles. The fraction of sp³-hybridized carbons (Fsp3) is 0.364. The lowest BCUT2D eigenvalue weighted by Gasteiger charge is -2.22. The first-order valence-corrected chi connectivity index (χ1v) is 10.6. The number of hydrogen-bond acceptors (Lipinski definition) is 4. The zero-order valence-corrected chi connectivity index (χ0v) is 17.4. The third-order valence-electron chi connectivity index (χ3n) is 5.42. The van der Waals surface area contributed by atoms with E-state index in [2.05, 4.69) is 64.0 Å². The standard InChI is InChI=1S/C22H26N4OS/c1-15-8-10-18(11-9-15)26-17(3)22(16(2)24-26)23-21(27)14-25-12-4-6-19(25)20-7-5-13-28-20/h5,7-11,13,19H,4,6,12,14H2,1-3H3,(H,23,27)/t19-/m1/s1. The van der Waals surface area contributed by atoms with Gasteiger partial charge in [0.05, 0.1) is 29.3 Å². The van der Waals surface area contributed by atoms with Crippen molar-refractivity contribution in [1.29, 1.82) is 0 Å². The molecule has 1 N–H and O–H groups in total. The lowest BCUT2D eigenvalue weighted by atomic mass is 10.2. The maximum atomic E-state index is 12.8. The largest absolute Gasteiger partial charge is 0.322 e. The van der Waals surface area contributed by atoms with E-state index in [1.165, 1.54) is 10.4 Å². The van der Waals surface area contributed by atoms with Gasteiger partial charge in [-0.25, -0.2) is 4.68 Å². The minimum atomic E-state index is 0.0260. The van der Waals surface area contributed by atoms with Crippen molar-refractivity contribution in [2.75, 3.05) is 18.4 Å². The van der Waals surface area contributed by atoms with Crippen LogP contribution in [0.5, 0.6) is 0 Å². The summed E-state index contributed by atoms with van der Waals surface area (Å²) in [6.45, 7) is 7.39. The highest BCUT2D eigenvalue weighted by Gasteiger charge is 2.28. The van der Waals surface area contributed by atoms with Crippen LogP contribution in [0.3, 0.4) is 0 Å². The Balaban J connectivity index is 1.48. The van der Waals surface area contributed by atoms with Gasteiger partial charge in [-0.1, -0.05) is 23.8 Å². The van der Waals surface area contributed by atoms with Crippen molar-refractivity contribution in [2.45, 2.75) is 39.7 Å². The van der Waals surface area contributed by atoms with Gasteiger partial charge in [-0.2, -0.15) is 5.10 Å². The fourth-order valence-electron chi connectivity index (χ4n) is 3.94. The Bertz CT molecular complexity index is 959. The number of aromatic nitrogens is 2. The van der Waals surface area contributed by atoms with Crippen molar-refractivity contribution in [2.24, 2.45) is 0 Å². The van der Waals surface area contributed by atoms with Gasteiger partial charge in [0.1, 0.15) is 0 Å². The molecular weight excluding hydrogens is 368 g/mol. The third kappa shape index (κ3) is 3.75. The summed E-state index contributed by atoms with van der Waals surface area (Å²) in [5.74, 6) is 0.0260. The van der Waals surface area contributed by atoms with Crippen LogP contribution in [0.4, 0.5) is 5.69 Å². The number of benzene rings is 1. The van der Waals surface area contributed by atoms with Crippen LogP contribution in [0.25, 0.3) is 5.69 Å². The van der Waals surface area contributed by atoms with E-state index in [4.69, 9.17) is 0 Å². The Hall–Kier alpha value is -2.44. The zero-order valence-electron chi connectivity index (χ0n) is 16.6. The summed E-state index contributed by atoms with van der Waals surface area (Å²) >= 11 is 1.78. The van der Waals surface area contributed by atoms with Gasteiger partial charge in [0.15, 0.2) is 0 Å². The first-order chi connectivity index (χ1) is 13.5. The first kappa shape index (κ1) is 18.9. The van der Waals surface area contributed by atoms with Crippen molar-refractivity contribution < 1.29 is 4.79 Å². The lowest BCUT2D eigenvalue weighted by Crippen LogP contribution is -2.32. The van der Waals surface area contributed by atoms with Crippen molar-refractivity contribution in [3.8, 4) is 5.69 Å². The second-order valence-electron chi connectivity index (χ2n) is 7.49. The Morgan fingerprint density at radius 2 is 2.00 bits per heavy atom. The monoisotopic (exact) mass is 394 g/mol. The van der Waals surface area contributed by atoms with Crippen LogP contribution in [0.15, 0.2) is 41.8 Å². The molecule has 2 aromatic heterocycles. The van der Waals surface area contributed by atoms with Gasteiger partial charge in [0.2, 0.25) is 5.91 Å². The second-order valence-corrected chi connectivity index (χ2v) is 8.46. The van der Waals surface area contributed by atoms with Gasteiger partial charge < -0.3 is 5.32 Å². The molecule has 0 unspecified atom stereocenters. The molecule has 5 nitrogen and oxygen atoms in total. The highest BCUT2D eigenvalue weighted by molar-refractivity contribution is 7.10. The predicted octanol–water partition coefficient (Wildman–Crippen LogP) is 4.63. The quantitative estimate of drug-likeness (QED) is 0.686. The maximum Gasteiger partial charge on any atom is 0.238 e. The topological polar surface area (TPSA) is 50.2 Å². The number of carbonyl (C=O) groups is 1. The number of anilines is 1. The first-order valence-electron chi connectivity index (χ1n) is 9.73. The minimum absolute atomic E-state index is 0.0260.